The maximum absolute atomic E-state index is 13.4. The van der Waals surface area contributed by atoms with Crippen molar-refractivity contribution in [2.75, 3.05) is 23.0 Å². The molecule has 6 nitrogen and oxygen atoms in total. The van der Waals surface area contributed by atoms with Crippen LogP contribution in [0, 0.1) is 23.2 Å². The molecule has 1 aromatic carbocycles. The molecule has 0 aliphatic carbocycles. The van der Waals surface area contributed by atoms with Gasteiger partial charge in [0.15, 0.2) is 5.78 Å². The van der Waals surface area contributed by atoms with Crippen molar-refractivity contribution in [3.8, 4) is 6.07 Å². The minimum atomic E-state index is -0.547. The van der Waals surface area contributed by atoms with E-state index in [0.29, 0.717) is 17.2 Å². The zero-order chi connectivity index (χ0) is 20.2. The quantitative estimate of drug-likeness (QED) is 0.713. The topological polar surface area (TPSA) is 86.9 Å². The molecule has 0 saturated carbocycles. The van der Waals surface area contributed by atoms with Gasteiger partial charge in [0.25, 0.3) is 0 Å². The summed E-state index contributed by atoms with van der Waals surface area (Å²) in [4.78, 5) is 37.0. The number of amides is 1. The third-order valence-corrected chi connectivity index (χ3v) is 7.96. The number of Topliss-reactive ketones (excluding diaryl/α,β-unsaturated/α-hetero) is 1. The first-order valence-corrected chi connectivity index (χ1v) is 11.4. The molecule has 2 aromatic rings. The minimum absolute atomic E-state index is 0.148. The van der Waals surface area contributed by atoms with Gasteiger partial charge in [0.05, 0.1) is 11.8 Å². The Kier molecular flexibility index (Phi) is 5.81. The van der Waals surface area contributed by atoms with Gasteiger partial charge in [-0.2, -0.15) is 15.7 Å². The molecule has 0 unspecified atom stereocenters. The fraction of sp³-hybridized carbons (Fsp3) is 0.364. The monoisotopic (exact) mass is 406 g/mol. The molecule has 0 radical (unpaired) electrons. The first-order chi connectivity index (χ1) is 14.2. The van der Waals surface area contributed by atoms with E-state index in [0.717, 1.165) is 29.9 Å². The van der Waals surface area contributed by atoms with E-state index in [2.05, 4.69) is 16.0 Å². The van der Waals surface area contributed by atoms with Crippen LogP contribution in [0.2, 0.25) is 0 Å². The highest BCUT2D eigenvalue weighted by Crippen LogP contribution is 2.34. The summed E-state index contributed by atoms with van der Waals surface area (Å²) in [5.41, 5.74) is 1.00. The molecule has 4 rings (SSSR count). The number of carbonyl (C=O) groups is 2. The van der Waals surface area contributed by atoms with Crippen molar-refractivity contribution < 1.29 is 9.59 Å². The molecule has 2 aliphatic heterocycles. The first kappa shape index (κ1) is 19.5. The van der Waals surface area contributed by atoms with Gasteiger partial charge in [0.2, 0.25) is 11.9 Å². The summed E-state index contributed by atoms with van der Waals surface area (Å²) < 4.78 is 0. The molecule has 2 atom stereocenters. The van der Waals surface area contributed by atoms with Crippen LogP contribution in [0.5, 0.6) is 0 Å². The van der Waals surface area contributed by atoms with E-state index in [1.54, 1.807) is 18.5 Å². The maximum Gasteiger partial charge on any atom is 0.233 e. The highest BCUT2D eigenvalue weighted by Gasteiger charge is 2.46. The molecule has 0 spiro atoms. The summed E-state index contributed by atoms with van der Waals surface area (Å²) in [6, 6.07) is 13.6. The van der Waals surface area contributed by atoms with Gasteiger partial charge in [-0.1, -0.05) is 30.3 Å². The number of nitrogens with zero attached hydrogens (tertiary/aromatic N) is 4. The van der Waals surface area contributed by atoms with Crippen molar-refractivity contribution in [3.05, 3.63) is 54.4 Å². The van der Waals surface area contributed by atoms with Crippen LogP contribution in [-0.2, 0) is 16.0 Å². The number of anilines is 1. The molecule has 148 valence electrons. The van der Waals surface area contributed by atoms with Crippen molar-refractivity contribution in [2.24, 2.45) is 11.8 Å². The molecule has 1 amide bonds. The van der Waals surface area contributed by atoms with E-state index in [1.807, 2.05) is 30.3 Å². The van der Waals surface area contributed by atoms with Crippen molar-refractivity contribution in [2.45, 2.75) is 19.3 Å². The molecule has 7 heteroatoms. The maximum atomic E-state index is 13.4. The summed E-state index contributed by atoms with van der Waals surface area (Å²) in [6.07, 6.45) is 5.75. The van der Waals surface area contributed by atoms with Crippen LogP contribution in [0.4, 0.5) is 5.95 Å². The predicted molar refractivity (Wildman–Crippen MR) is 114 cm³/mol. The first-order valence-electron chi connectivity index (χ1n) is 9.80. The van der Waals surface area contributed by atoms with E-state index < -0.39 is 11.8 Å². The number of benzene rings is 1. The fourth-order valence-electron chi connectivity index (χ4n) is 4.05. The number of ketones is 1. The normalized spacial score (nSPS) is 21.9. The van der Waals surface area contributed by atoms with Gasteiger partial charge in [0.1, 0.15) is 10.9 Å². The summed E-state index contributed by atoms with van der Waals surface area (Å²) >= 11 is 0. The Labute approximate surface area is 172 Å². The summed E-state index contributed by atoms with van der Waals surface area (Å²) in [6.45, 7) is 0.224. The number of carbonyl (C=O) groups excluding carboxylic acids is 2. The van der Waals surface area contributed by atoms with E-state index >= 15 is 0 Å². The lowest BCUT2D eigenvalue weighted by Gasteiger charge is -2.16. The molecule has 0 bridgehead atoms. The van der Waals surface area contributed by atoms with Gasteiger partial charge in [-0.25, -0.2) is 9.97 Å². The highest BCUT2D eigenvalue weighted by molar-refractivity contribution is 8.17. The molecule has 2 aliphatic rings. The number of hydrogen-bond acceptors (Lipinski definition) is 5. The van der Waals surface area contributed by atoms with Crippen molar-refractivity contribution >= 4 is 33.0 Å². The van der Waals surface area contributed by atoms with Crippen LogP contribution in [0.25, 0.3) is 0 Å². The van der Waals surface area contributed by atoms with Gasteiger partial charge in [0, 0.05) is 18.9 Å². The van der Waals surface area contributed by atoms with E-state index in [-0.39, 0.29) is 28.7 Å². The molecule has 2 fully saturated rings. The van der Waals surface area contributed by atoms with Crippen LogP contribution in [-0.4, -0.2) is 44.6 Å². The van der Waals surface area contributed by atoms with Crippen LogP contribution >= 0.6 is 10.5 Å². The molecular formula is C22H22N4O2S. The Morgan fingerprint density at radius 1 is 1.14 bits per heavy atom. The molecule has 3 heterocycles. The third kappa shape index (κ3) is 3.99. The number of rotatable bonds is 5. The molecule has 29 heavy (non-hydrogen) atoms. The largest absolute Gasteiger partial charge is 0.292 e. The van der Waals surface area contributed by atoms with Crippen LogP contribution < -0.4 is 4.90 Å². The Balaban J connectivity index is 1.68. The molecular weight excluding hydrogens is 384 g/mol. The van der Waals surface area contributed by atoms with E-state index in [4.69, 9.17) is 0 Å². The zero-order valence-corrected chi connectivity index (χ0v) is 16.8. The summed E-state index contributed by atoms with van der Waals surface area (Å²) in [5.74, 6) is 0.759. The van der Waals surface area contributed by atoms with Crippen LogP contribution in [0.15, 0.2) is 48.8 Å². The van der Waals surface area contributed by atoms with Gasteiger partial charge < -0.3 is 0 Å². The third-order valence-electron chi connectivity index (χ3n) is 5.52. The average Bonchev–Trinajstić information content (AvgIpc) is 3.39. The standard InChI is InChI=1S/C22H22N4O2S/c23-14-19(29-11-4-5-12-29)20(27)18-15-26(22-24-9-6-10-25-22)21(28)17(18)13-16-7-2-1-3-8-16/h1-3,6-10,17-18H,4-5,11-13,15H2/t17-,18+/m1/s1. The van der Waals surface area contributed by atoms with E-state index in [1.165, 1.54) is 4.90 Å². The average molecular weight is 407 g/mol. The Morgan fingerprint density at radius 3 is 2.48 bits per heavy atom. The number of hydrogen-bond donors (Lipinski definition) is 0. The smallest absolute Gasteiger partial charge is 0.233 e. The lowest BCUT2D eigenvalue weighted by molar-refractivity contribution is -0.124. The Bertz CT molecular complexity index is 977. The predicted octanol–water partition coefficient (Wildman–Crippen LogP) is 2.63. The Morgan fingerprint density at radius 2 is 1.83 bits per heavy atom. The Hall–Kier alpha value is -2.85. The second-order valence-corrected chi connectivity index (χ2v) is 9.52. The van der Waals surface area contributed by atoms with Crippen LogP contribution in [0.3, 0.4) is 0 Å². The van der Waals surface area contributed by atoms with Crippen molar-refractivity contribution in [1.29, 1.82) is 5.26 Å². The zero-order valence-electron chi connectivity index (χ0n) is 16.0. The second kappa shape index (κ2) is 8.66. The lowest BCUT2D eigenvalue weighted by Crippen LogP contribution is -2.31. The van der Waals surface area contributed by atoms with Crippen LogP contribution in [0.1, 0.15) is 18.4 Å². The second-order valence-electron chi connectivity index (χ2n) is 7.31. The molecule has 0 N–H and O–H groups in total. The number of aromatic nitrogens is 2. The summed E-state index contributed by atoms with van der Waals surface area (Å²) in [5, 5.41) is 9.72. The summed E-state index contributed by atoms with van der Waals surface area (Å²) in [7, 11) is -0.275. The minimum Gasteiger partial charge on any atom is -0.292 e. The van der Waals surface area contributed by atoms with Crippen molar-refractivity contribution in [3.63, 3.8) is 0 Å². The van der Waals surface area contributed by atoms with Gasteiger partial charge in [-0.05, 0) is 42.4 Å². The van der Waals surface area contributed by atoms with E-state index in [9.17, 15) is 14.9 Å². The lowest BCUT2D eigenvalue weighted by atomic mass is 9.85. The fourth-order valence-corrected chi connectivity index (χ4v) is 6.33. The van der Waals surface area contributed by atoms with Gasteiger partial charge >= 0.3 is 0 Å². The van der Waals surface area contributed by atoms with Gasteiger partial charge in [-0.15, -0.1) is 0 Å². The molecule has 1 aromatic heterocycles. The van der Waals surface area contributed by atoms with Gasteiger partial charge in [-0.3, -0.25) is 14.5 Å². The SMILES string of the molecule is N#CC(C(=O)[C@H]1CN(c2ncccn2)C(=O)[C@@H]1Cc1ccccc1)=S1CCCC1. The number of nitriles is 1. The highest BCUT2D eigenvalue weighted by atomic mass is 32.2. The molecule has 2 saturated heterocycles. The van der Waals surface area contributed by atoms with Crippen molar-refractivity contribution in [1.82, 2.24) is 9.97 Å².